The largest absolute Gasteiger partial charge is 0.328 e. The molecule has 2 heterocycles. The second-order valence-electron chi connectivity index (χ2n) is 4.41. The number of amides is 1. The highest BCUT2D eigenvalue weighted by Gasteiger charge is 2.20. The molecule has 0 aromatic carbocycles. The molecule has 1 amide bonds. The van der Waals surface area contributed by atoms with Crippen molar-refractivity contribution in [3.8, 4) is 0 Å². The minimum atomic E-state index is -0.193. The molecule has 0 spiro atoms. The van der Waals surface area contributed by atoms with Crippen LogP contribution in [0.2, 0.25) is 0 Å². The summed E-state index contributed by atoms with van der Waals surface area (Å²) in [6.45, 7) is 6.00. The van der Waals surface area contributed by atoms with E-state index in [1.54, 1.807) is 0 Å². The Kier molecular flexibility index (Phi) is 4.20. The summed E-state index contributed by atoms with van der Waals surface area (Å²) in [7, 11) is 0. The second kappa shape index (κ2) is 5.88. The normalized spacial score (nSPS) is 17.9. The lowest BCUT2D eigenvalue weighted by molar-refractivity contribution is -0.115. The molecule has 5 heteroatoms. The molecule has 1 saturated heterocycles. The van der Waals surface area contributed by atoms with Crippen molar-refractivity contribution in [2.24, 2.45) is 0 Å². The van der Waals surface area contributed by atoms with E-state index in [9.17, 15) is 4.79 Å². The monoisotopic (exact) mass is 287 g/mol. The molecule has 1 aromatic heterocycles. The highest BCUT2D eigenvalue weighted by molar-refractivity contribution is 7.80. The molecule has 104 valence electrons. The van der Waals surface area contributed by atoms with E-state index in [0.717, 1.165) is 17.0 Å². The van der Waals surface area contributed by atoms with Crippen LogP contribution in [0.1, 0.15) is 25.1 Å². The molecule has 20 heavy (non-hydrogen) atoms. The lowest BCUT2D eigenvalue weighted by Gasteiger charge is -2.07. The quantitative estimate of drug-likeness (QED) is 0.510. The maximum absolute atomic E-state index is 11.6. The number of hydrogen-bond donors (Lipinski definition) is 2. The van der Waals surface area contributed by atoms with Crippen LogP contribution in [0.5, 0.6) is 0 Å². The minimum absolute atomic E-state index is 0.193. The van der Waals surface area contributed by atoms with Crippen LogP contribution in [-0.4, -0.2) is 15.6 Å². The summed E-state index contributed by atoms with van der Waals surface area (Å²) in [5, 5.41) is 5.75. The Morgan fingerprint density at radius 2 is 2.10 bits per heavy atom. The fraction of sp³-hybridized carbons (Fsp3) is 0.200. The lowest BCUT2D eigenvalue weighted by Crippen LogP contribution is -2.21. The van der Waals surface area contributed by atoms with Gasteiger partial charge in [0.1, 0.15) is 5.70 Å². The van der Waals surface area contributed by atoms with Gasteiger partial charge in [-0.1, -0.05) is 12.2 Å². The molecular formula is C15H17N3OS. The molecule has 0 saturated carbocycles. The van der Waals surface area contributed by atoms with Crippen molar-refractivity contribution < 1.29 is 4.79 Å². The van der Waals surface area contributed by atoms with Crippen molar-refractivity contribution in [2.75, 3.05) is 0 Å². The van der Waals surface area contributed by atoms with Gasteiger partial charge < -0.3 is 9.88 Å². The molecule has 1 fully saturated rings. The number of nitrogens with zero attached hydrogens (tertiary/aromatic N) is 1. The Balaban J connectivity index is 2.37. The van der Waals surface area contributed by atoms with Crippen molar-refractivity contribution in [1.29, 1.82) is 0 Å². The fourth-order valence-corrected chi connectivity index (χ4v) is 2.29. The minimum Gasteiger partial charge on any atom is -0.328 e. The van der Waals surface area contributed by atoms with Crippen LogP contribution < -0.4 is 10.6 Å². The van der Waals surface area contributed by atoms with E-state index in [1.807, 2.05) is 57.3 Å². The van der Waals surface area contributed by atoms with E-state index in [2.05, 4.69) is 15.2 Å². The van der Waals surface area contributed by atoms with Gasteiger partial charge in [0, 0.05) is 17.6 Å². The number of aromatic nitrogens is 1. The van der Waals surface area contributed by atoms with Crippen molar-refractivity contribution in [2.45, 2.75) is 20.8 Å². The molecule has 2 rings (SSSR count). The summed E-state index contributed by atoms with van der Waals surface area (Å²) in [5.74, 6) is -0.193. The van der Waals surface area contributed by atoms with E-state index >= 15 is 0 Å². The Morgan fingerprint density at radius 1 is 1.35 bits per heavy atom. The van der Waals surface area contributed by atoms with Gasteiger partial charge >= 0.3 is 0 Å². The predicted molar refractivity (Wildman–Crippen MR) is 85.8 cm³/mol. The van der Waals surface area contributed by atoms with Gasteiger partial charge in [-0.25, -0.2) is 0 Å². The number of carbonyl (C=O) groups excluding carboxylic acids is 1. The third-order valence-electron chi connectivity index (χ3n) is 3.11. The van der Waals surface area contributed by atoms with Crippen LogP contribution >= 0.6 is 12.2 Å². The second-order valence-corrected chi connectivity index (χ2v) is 4.81. The molecule has 0 aliphatic carbocycles. The van der Waals surface area contributed by atoms with Crippen LogP contribution in [0.3, 0.4) is 0 Å². The van der Waals surface area contributed by atoms with Crippen LogP contribution in [0.25, 0.3) is 11.8 Å². The SMILES string of the molecule is C/C=C\C(=C/C)n1ccc(/C=C2/NC(=S)NC2=O)c1C. The average molecular weight is 287 g/mol. The first kappa shape index (κ1) is 14.3. The summed E-state index contributed by atoms with van der Waals surface area (Å²) in [6, 6.07) is 1.98. The van der Waals surface area contributed by atoms with Gasteiger partial charge in [-0.2, -0.15) is 0 Å². The summed E-state index contributed by atoms with van der Waals surface area (Å²) in [6.07, 6.45) is 9.88. The Morgan fingerprint density at radius 3 is 2.65 bits per heavy atom. The third kappa shape index (κ3) is 2.72. The standard InChI is InChI=1S/C15H17N3OS/c1-4-6-12(5-2)18-8-7-11(10(18)3)9-13-14(19)17-15(20)16-13/h4-9H,1-3H3,(H2,16,17,19,20)/b6-4-,12-5+,13-9+. The van der Waals surface area contributed by atoms with Crippen LogP contribution in [0, 0.1) is 6.92 Å². The third-order valence-corrected chi connectivity index (χ3v) is 3.32. The molecule has 0 radical (unpaired) electrons. The molecule has 2 N–H and O–H groups in total. The van der Waals surface area contributed by atoms with E-state index in [0.29, 0.717) is 10.8 Å². The van der Waals surface area contributed by atoms with Gasteiger partial charge in [-0.15, -0.1) is 0 Å². The molecular weight excluding hydrogens is 270 g/mol. The number of allylic oxidation sites excluding steroid dienone is 4. The molecule has 1 aliphatic heterocycles. The zero-order valence-corrected chi connectivity index (χ0v) is 12.5. The number of nitrogens with one attached hydrogen (secondary N) is 2. The summed E-state index contributed by atoms with van der Waals surface area (Å²) >= 11 is 4.91. The van der Waals surface area contributed by atoms with Gasteiger partial charge in [0.25, 0.3) is 5.91 Å². The zero-order chi connectivity index (χ0) is 14.7. The molecule has 0 unspecified atom stereocenters. The van der Waals surface area contributed by atoms with Crippen molar-refractivity contribution >= 4 is 35.0 Å². The van der Waals surface area contributed by atoms with Gasteiger partial charge in [-0.05, 0) is 56.8 Å². The van der Waals surface area contributed by atoms with E-state index in [1.165, 1.54) is 0 Å². The maximum atomic E-state index is 11.6. The van der Waals surface area contributed by atoms with E-state index in [-0.39, 0.29) is 5.91 Å². The molecule has 0 bridgehead atoms. The zero-order valence-electron chi connectivity index (χ0n) is 11.7. The first-order valence-corrected chi connectivity index (χ1v) is 6.79. The Hall–Kier alpha value is -2.14. The summed E-state index contributed by atoms with van der Waals surface area (Å²) in [5.41, 5.74) is 3.62. The smallest absolute Gasteiger partial charge is 0.273 e. The number of hydrogen-bond acceptors (Lipinski definition) is 2. The average Bonchev–Trinajstić information content (AvgIpc) is 2.92. The van der Waals surface area contributed by atoms with Crippen LogP contribution in [0.15, 0.2) is 36.2 Å². The lowest BCUT2D eigenvalue weighted by atomic mass is 10.2. The molecule has 1 aliphatic rings. The fourth-order valence-electron chi connectivity index (χ4n) is 2.08. The van der Waals surface area contributed by atoms with Gasteiger partial charge in [-0.3, -0.25) is 10.1 Å². The van der Waals surface area contributed by atoms with Crippen molar-refractivity contribution in [3.05, 3.63) is 47.4 Å². The predicted octanol–water partition coefficient (Wildman–Crippen LogP) is 2.58. The van der Waals surface area contributed by atoms with Crippen LogP contribution in [-0.2, 0) is 4.79 Å². The molecule has 4 nitrogen and oxygen atoms in total. The van der Waals surface area contributed by atoms with Crippen LogP contribution in [0.4, 0.5) is 0 Å². The van der Waals surface area contributed by atoms with Crippen molar-refractivity contribution in [3.63, 3.8) is 0 Å². The topological polar surface area (TPSA) is 46.1 Å². The number of rotatable bonds is 3. The number of carbonyl (C=O) groups is 1. The Labute approximate surface area is 123 Å². The highest BCUT2D eigenvalue weighted by atomic mass is 32.1. The first-order valence-electron chi connectivity index (χ1n) is 6.38. The van der Waals surface area contributed by atoms with Gasteiger partial charge in [0.05, 0.1) is 0 Å². The van der Waals surface area contributed by atoms with Gasteiger partial charge in [0.2, 0.25) is 0 Å². The molecule has 1 aromatic rings. The summed E-state index contributed by atoms with van der Waals surface area (Å²) in [4.78, 5) is 11.6. The Bertz CT molecular complexity index is 650. The van der Waals surface area contributed by atoms with E-state index < -0.39 is 0 Å². The van der Waals surface area contributed by atoms with E-state index in [4.69, 9.17) is 12.2 Å². The summed E-state index contributed by atoms with van der Waals surface area (Å²) < 4.78 is 2.08. The number of thiocarbonyl (C=S) groups is 1. The highest BCUT2D eigenvalue weighted by Crippen LogP contribution is 2.19. The molecule has 0 atom stereocenters. The maximum Gasteiger partial charge on any atom is 0.273 e. The van der Waals surface area contributed by atoms with Gasteiger partial charge in [0.15, 0.2) is 5.11 Å². The first-order chi connectivity index (χ1) is 9.56. The van der Waals surface area contributed by atoms with Crippen molar-refractivity contribution in [1.82, 2.24) is 15.2 Å².